The summed E-state index contributed by atoms with van der Waals surface area (Å²) in [5.74, 6) is -0.207. The summed E-state index contributed by atoms with van der Waals surface area (Å²) in [7, 11) is 0. The molecule has 0 saturated heterocycles. The van der Waals surface area contributed by atoms with Gasteiger partial charge in [-0.15, -0.1) is 11.6 Å². The standard InChI is InChI=1S/C15H20ClNO3/c1-3-8-17(11-14(18)20-4-2)15(19)13-7-5-6-12(9-13)10-16/h5-7,9H,3-4,8,10-11H2,1-2H3. The van der Waals surface area contributed by atoms with Crippen LogP contribution in [0.2, 0.25) is 0 Å². The molecule has 4 nitrogen and oxygen atoms in total. The molecule has 0 unspecified atom stereocenters. The molecule has 0 bridgehead atoms. The molecule has 1 rings (SSSR count). The van der Waals surface area contributed by atoms with E-state index >= 15 is 0 Å². The van der Waals surface area contributed by atoms with Gasteiger partial charge < -0.3 is 9.64 Å². The number of halogens is 1. The Labute approximate surface area is 124 Å². The van der Waals surface area contributed by atoms with Crippen LogP contribution in [0.25, 0.3) is 0 Å². The fraction of sp³-hybridized carbons (Fsp3) is 0.467. The number of amides is 1. The number of carbonyl (C=O) groups excluding carboxylic acids is 2. The Balaban J connectivity index is 2.84. The number of hydrogen-bond donors (Lipinski definition) is 0. The first kappa shape index (κ1) is 16.5. The summed E-state index contributed by atoms with van der Waals surface area (Å²) in [6.45, 7) is 4.51. The van der Waals surface area contributed by atoms with Crippen molar-refractivity contribution in [3.8, 4) is 0 Å². The zero-order valence-electron chi connectivity index (χ0n) is 11.9. The van der Waals surface area contributed by atoms with E-state index in [4.69, 9.17) is 16.3 Å². The van der Waals surface area contributed by atoms with E-state index in [1.54, 1.807) is 25.1 Å². The zero-order valence-corrected chi connectivity index (χ0v) is 12.7. The molecule has 1 aromatic rings. The Morgan fingerprint density at radius 2 is 2.05 bits per heavy atom. The minimum Gasteiger partial charge on any atom is -0.465 e. The number of hydrogen-bond acceptors (Lipinski definition) is 3. The Morgan fingerprint density at radius 1 is 1.30 bits per heavy atom. The van der Waals surface area contributed by atoms with Crippen LogP contribution in [0.1, 0.15) is 36.2 Å². The fourth-order valence-corrected chi connectivity index (χ4v) is 2.02. The van der Waals surface area contributed by atoms with Crippen LogP contribution in [-0.4, -0.2) is 36.5 Å². The molecular weight excluding hydrogens is 278 g/mol. The van der Waals surface area contributed by atoms with Gasteiger partial charge in [0.25, 0.3) is 5.91 Å². The van der Waals surface area contributed by atoms with E-state index in [2.05, 4.69) is 0 Å². The lowest BCUT2D eigenvalue weighted by Crippen LogP contribution is -2.37. The third-order valence-electron chi connectivity index (χ3n) is 2.73. The molecular formula is C15H20ClNO3. The summed E-state index contributed by atoms with van der Waals surface area (Å²) in [6, 6.07) is 7.13. The van der Waals surface area contributed by atoms with Crippen LogP contribution < -0.4 is 0 Å². The highest BCUT2D eigenvalue weighted by Gasteiger charge is 2.18. The first-order chi connectivity index (χ1) is 9.62. The molecule has 5 heteroatoms. The van der Waals surface area contributed by atoms with E-state index in [9.17, 15) is 9.59 Å². The summed E-state index contributed by atoms with van der Waals surface area (Å²) in [6.07, 6.45) is 0.778. The van der Waals surface area contributed by atoms with E-state index < -0.39 is 0 Å². The van der Waals surface area contributed by atoms with E-state index in [0.29, 0.717) is 24.6 Å². The van der Waals surface area contributed by atoms with Crippen molar-refractivity contribution in [2.24, 2.45) is 0 Å². The fourth-order valence-electron chi connectivity index (χ4n) is 1.85. The second-order valence-corrected chi connectivity index (χ2v) is 4.63. The topological polar surface area (TPSA) is 46.6 Å². The maximum absolute atomic E-state index is 12.4. The lowest BCUT2D eigenvalue weighted by molar-refractivity contribution is -0.143. The molecule has 0 radical (unpaired) electrons. The van der Waals surface area contributed by atoms with Gasteiger partial charge in [-0.3, -0.25) is 9.59 Å². The quantitative estimate of drug-likeness (QED) is 0.574. The van der Waals surface area contributed by atoms with Gasteiger partial charge in [-0.2, -0.15) is 0 Å². The summed E-state index contributed by atoms with van der Waals surface area (Å²) >= 11 is 5.77. The number of esters is 1. The smallest absolute Gasteiger partial charge is 0.325 e. The molecule has 1 amide bonds. The summed E-state index contributed by atoms with van der Waals surface area (Å²) < 4.78 is 4.90. The van der Waals surface area contributed by atoms with E-state index in [-0.39, 0.29) is 18.4 Å². The van der Waals surface area contributed by atoms with Crippen molar-refractivity contribution in [2.45, 2.75) is 26.1 Å². The van der Waals surface area contributed by atoms with Crippen LogP contribution in [0.4, 0.5) is 0 Å². The highest BCUT2D eigenvalue weighted by Crippen LogP contribution is 2.11. The summed E-state index contributed by atoms with van der Waals surface area (Å²) in [4.78, 5) is 25.5. The van der Waals surface area contributed by atoms with Gasteiger partial charge in [-0.1, -0.05) is 19.1 Å². The lowest BCUT2D eigenvalue weighted by atomic mass is 10.1. The van der Waals surface area contributed by atoms with E-state index in [0.717, 1.165) is 12.0 Å². The number of nitrogens with zero attached hydrogens (tertiary/aromatic N) is 1. The van der Waals surface area contributed by atoms with Gasteiger partial charge in [-0.05, 0) is 31.0 Å². The second kappa shape index (κ2) is 8.59. The molecule has 0 aliphatic heterocycles. The number of benzene rings is 1. The van der Waals surface area contributed by atoms with Gasteiger partial charge in [0.05, 0.1) is 6.61 Å². The van der Waals surface area contributed by atoms with Gasteiger partial charge in [0.15, 0.2) is 0 Å². The predicted octanol–water partition coefficient (Wildman–Crippen LogP) is 2.84. The monoisotopic (exact) mass is 297 g/mol. The molecule has 1 aromatic carbocycles. The predicted molar refractivity (Wildman–Crippen MR) is 78.8 cm³/mol. The highest BCUT2D eigenvalue weighted by atomic mass is 35.5. The Kier molecular flexibility index (Phi) is 7.09. The van der Waals surface area contributed by atoms with Gasteiger partial charge in [0.2, 0.25) is 0 Å². The minimum atomic E-state index is -0.386. The Morgan fingerprint density at radius 3 is 2.65 bits per heavy atom. The zero-order chi connectivity index (χ0) is 15.0. The van der Waals surface area contributed by atoms with Gasteiger partial charge in [0, 0.05) is 18.0 Å². The molecule has 0 spiro atoms. The Hall–Kier alpha value is -1.55. The summed E-state index contributed by atoms with van der Waals surface area (Å²) in [5.41, 5.74) is 1.42. The number of rotatable bonds is 7. The normalized spacial score (nSPS) is 10.2. The average molecular weight is 298 g/mol. The number of carbonyl (C=O) groups is 2. The largest absolute Gasteiger partial charge is 0.465 e. The van der Waals surface area contributed by atoms with Crippen molar-refractivity contribution in [1.82, 2.24) is 4.90 Å². The molecule has 0 heterocycles. The lowest BCUT2D eigenvalue weighted by Gasteiger charge is -2.21. The van der Waals surface area contributed by atoms with Crippen molar-refractivity contribution in [1.29, 1.82) is 0 Å². The second-order valence-electron chi connectivity index (χ2n) is 4.37. The van der Waals surface area contributed by atoms with Crippen LogP contribution in [0, 0.1) is 0 Å². The molecule has 0 aliphatic carbocycles. The molecule has 0 fully saturated rings. The Bertz CT molecular complexity index is 462. The number of ether oxygens (including phenoxy) is 1. The molecule has 110 valence electrons. The van der Waals surface area contributed by atoms with Crippen LogP contribution in [0.3, 0.4) is 0 Å². The molecule has 0 atom stereocenters. The molecule has 0 aliphatic rings. The molecule has 0 saturated carbocycles. The van der Waals surface area contributed by atoms with Crippen LogP contribution in [-0.2, 0) is 15.4 Å². The van der Waals surface area contributed by atoms with E-state index in [1.807, 2.05) is 13.0 Å². The molecule has 0 aromatic heterocycles. The highest BCUT2D eigenvalue weighted by molar-refractivity contribution is 6.17. The van der Waals surface area contributed by atoms with Gasteiger partial charge in [-0.25, -0.2) is 0 Å². The van der Waals surface area contributed by atoms with Crippen LogP contribution in [0.5, 0.6) is 0 Å². The van der Waals surface area contributed by atoms with Gasteiger partial charge in [0.1, 0.15) is 6.54 Å². The van der Waals surface area contributed by atoms with E-state index in [1.165, 1.54) is 4.90 Å². The van der Waals surface area contributed by atoms with Crippen molar-refractivity contribution in [3.05, 3.63) is 35.4 Å². The third-order valence-corrected chi connectivity index (χ3v) is 3.04. The minimum absolute atomic E-state index is 0.0222. The van der Waals surface area contributed by atoms with Crippen LogP contribution >= 0.6 is 11.6 Å². The van der Waals surface area contributed by atoms with Crippen molar-refractivity contribution in [2.75, 3.05) is 19.7 Å². The first-order valence-corrected chi connectivity index (χ1v) is 7.25. The average Bonchev–Trinajstić information content (AvgIpc) is 2.46. The third kappa shape index (κ3) is 4.85. The molecule has 20 heavy (non-hydrogen) atoms. The first-order valence-electron chi connectivity index (χ1n) is 6.72. The van der Waals surface area contributed by atoms with Gasteiger partial charge >= 0.3 is 5.97 Å². The SMILES string of the molecule is CCCN(CC(=O)OCC)C(=O)c1cccc(CCl)c1. The van der Waals surface area contributed by atoms with Crippen LogP contribution in [0.15, 0.2) is 24.3 Å². The van der Waals surface area contributed by atoms with Crippen molar-refractivity contribution >= 4 is 23.5 Å². The van der Waals surface area contributed by atoms with Crippen molar-refractivity contribution in [3.63, 3.8) is 0 Å². The molecule has 0 N–H and O–H groups in total. The maximum Gasteiger partial charge on any atom is 0.325 e. The summed E-state index contributed by atoms with van der Waals surface area (Å²) in [5, 5.41) is 0. The number of alkyl halides is 1. The maximum atomic E-state index is 12.4. The van der Waals surface area contributed by atoms with Crippen molar-refractivity contribution < 1.29 is 14.3 Å².